The molecule has 0 spiro atoms. The predicted octanol–water partition coefficient (Wildman–Crippen LogP) is 5.56. The normalized spacial score (nSPS) is 15.7. The zero-order chi connectivity index (χ0) is 27.5. The fourth-order valence-electron chi connectivity index (χ4n) is 5.16. The minimum atomic E-state index is -2.57. The van der Waals surface area contributed by atoms with Gasteiger partial charge in [0.05, 0.1) is 12.1 Å². The van der Waals surface area contributed by atoms with Gasteiger partial charge in [0, 0.05) is 19.4 Å². The zero-order valence-electron chi connectivity index (χ0n) is 21.9. The smallest absolute Gasteiger partial charge is 0.345 e. The van der Waals surface area contributed by atoms with Crippen molar-refractivity contribution in [2.45, 2.75) is 19.6 Å². The molecule has 6 heteroatoms. The van der Waals surface area contributed by atoms with Crippen molar-refractivity contribution in [2.24, 2.45) is 5.92 Å². The first-order chi connectivity index (χ1) is 18.8. The maximum Gasteiger partial charge on any atom is 0.345 e. The Morgan fingerprint density at radius 1 is 0.718 bits per heavy atom. The zero-order valence-corrected chi connectivity index (χ0v) is 22.8. The highest BCUT2D eigenvalue weighted by Crippen LogP contribution is 2.58. The van der Waals surface area contributed by atoms with Crippen LogP contribution in [-0.4, -0.2) is 28.8 Å². The molecule has 0 amide bonds. The van der Waals surface area contributed by atoms with E-state index in [0.717, 1.165) is 15.9 Å². The van der Waals surface area contributed by atoms with E-state index in [0.29, 0.717) is 5.56 Å². The molecule has 0 saturated heterocycles. The van der Waals surface area contributed by atoms with Gasteiger partial charge in [-0.2, -0.15) is 0 Å². The van der Waals surface area contributed by atoms with E-state index in [9.17, 15) is 14.7 Å². The highest BCUT2D eigenvalue weighted by molar-refractivity contribution is 7.95. The SMILES string of the molecule is CC1(C)OC(=O)C(C(C[P+](c2ccccc2)(c2ccccc2)c2ccccc2)C(=O)c2ccccc2)=C(O)O1. The summed E-state index contributed by atoms with van der Waals surface area (Å²) in [4.78, 5) is 27.7. The maximum absolute atomic E-state index is 14.3. The average Bonchev–Trinajstić information content (AvgIpc) is 2.95. The molecule has 0 radical (unpaired) electrons. The number of ketones is 1. The van der Waals surface area contributed by atoms with Crippen molar-refractivity contribution in [1.29, 1.82) is 0 Å². The molecule has 0 fully saturated rings. The fourth-order valence-corrected chi connectivity index (χ4v) is 9.63. The van der Waals surface area contributed by atoms with Crippen LogP contribution in [0.2, 0.25) is 0 Å². The lowest BCUT2D eigenvalue weighted by Gasteiger charge is -2.35. The molecule has 1 unspecified atom stereocenters. The summed E-state index contributed by atoms with van der Waals surface area (Å²) in [5, 5.41) is 14.2. The van der Waals surface area contributed by atoms with Crippen LogP contribution in [0.4, 0.5) is 0 Å². The molecule has 1 heterocycles. The van der Waals surface area contributed by atoms with Gasteiger partial charge in [-0.3, -0.25) is 4.79 Å². The molecule has 1 atom stereocenters. The van der Waals surface area contributed by atoms with Crippen molar-refractivity contribution in [3.8, 4) is 0 Å². The summed E-state index contributed by atoms with van der Waals surface area (Å²) in [6.07, 6.45) is 0.247. The van der Waals surface area contributed by atoms with Gasteiger partial charge in [0.25, 0.3) is 11.7 Å². The van der Waals surface area contributed by atoms with Crippen LogP contribution in [-0.2, 0) is 14.3 Å². The van der Waals surface area contributed by atoms with Crippen LogP contribution in [0.15, 0.2) is 133 Å². The van der Waals surface area contributed by atoms with Crippen molar-refractivity contribution in [2.75, 3.05) is 6.16 Å². The van der Waals surface area contributed by atoms with Crippen molar-refractivity contribution >= 4 is 34.9 Å². The molecule has 1 aliphatic heterocycles. The van der Waals surface area contributed by atoms with Crippen molar-refractivity contribution in [3.63, 3.8) is 0 Å². The van der Waals surface area contributed by atoms with Crippen LogP contribution in [0.3, 0.4) is 0 Å². The molecule has 196 valence electrons. The number of rotatable bonds is 8. The van der Waals surface area contributed by atoms with E-state index in [1.54, 1.807) is 38.1 Å². The topological polar surface area (TPSA) is 72.8 Å². The quantitative estimate of drug-likeness (QED) is 0.181. The standard InChI is InChI=1S/C33H29O5P/c1-33(2)37-31(35)29(32(36)38-33)28(30(34)24-15-7-3-8-16-24)23-39(25-17-9-4-10-18-25,26-19-11-5-12-20-26)27-21-13-6-14-22-27/h3-22,28H,23H2,1-2H3/p+1. The molecule has 1 N–H and O–H groups in total. The molecule has 4 aromatic rings. The second kappa shape index (κ2) is 10.9. The highest BCUT2D eigenvalue weighted by Gasteiger charge is 2.52. The molecule has 1 aliphatic rings. The van der Waals surface area contributed by atoms with Crippen LogP contribution >= 0.6 is 7.26 Å². The first-order valence-corrected chi connectivity index (χ1v) is 14.8. The van der Waals surface area contributed by atoms with Crippen LogP contribution in [0, 0.1) is 5.92 Å². The molecular weight excluding hydrogens is 507 g/mol. The van der Waals surface area contributed by atoms with Crippen LogP contribution < -0.4 is 15.9 Å². The maximum atomic E-state index is 14.3. The number of aliphatic hydroxyl groups is 1. The van der Waals surface area contributed by atoms with E-state index in [1.165, 1.54) is 0 Å². The molecule has 39 heavy (non-hydrogen) atoms. The summed E-state index contributed by atoms with van der Waals surface area (Å²) in [6, 6.07) is 39.1. The fraction of sp³-hybridized carbons (Fsp3) is 0.152. The molecule has 5 nitrogen and oxygen atoms in total. The van der Waals surface area contributed by atoms with Gasteiger partial charge in [0.15, 0.2) is 5.78 Å². The second-order valence-electron chi connectivity index (χ2n) is 9.89. The number of esters is 1. The van der Waals surface area contributed by atoms with Crippen molar-refractivity contribution < 1.29 is 24.2 Å². The van der Waals surface area contributed by atoms with E-state index >= 15 is 0 Å². The lowest BCUT2D eigenvalue weighted by Crippen LogP contribution is -2.43. The van der Waals surface area contributed by atoms with Crippen LogP contribution in [0.5, 0.6) is 0 Å². The summed E-state index contributed by atoms with van der Waals surface area (Å²) < 4.78 is 11.1. The Balaban J connectivity index is 1.79. The lowest BCUT2D eigenvalue weighted by atomic mass is 9.91. The van der Waals surface area contributed by atoms with Gasteiger partial charge in [-0.25, -0.2) is 4.79 Å². The Labute approximate surface area is 229 Å². The van der Waals surface area contributed by atoms with Gasteiger partial charge in [-0.1, -0.05) is 84.9 Å². The third-order valence-electron chi connectivity index (χ3n) is 6.90. The van der Waals surface area contributed by atoms with E-state index in [-0.39, 0.29) is 17.5 Å². The number of benzene rings is 4. The number of carbonyl (C=O) groups is 2. The first-order valence-electron chi connectivity index (χ1n) is 12.8. The largest absolute Gasteiger partial charge is 0.480 e. The monoisotopic (exact) mass is 537 g/mol. The number of aliphatic hydroxyl groups excluding tert-OH is 1. The van der Waals surface area contributed by atoms with Gasteiger partial charge < -0.3 is 14.6 Å². The summed E-state index contributed by atoms with van der Waals surface area (Å²) in [5.74, 6) is -4.01. The van der Waals surface area contributed by atoms with E-state index in [1.807, 2.05) is 60.7 Å². The Morgan fingerprint density at radius 3 is 1.54 bits per heavy atom. The van der Waals surface area contributed by atoms with E-state index in [4.69, 9.17) is 9.47 Å². The lowest BCUT2D eigenvalue weighted by molar-refractivity contribution is -0.222. The van der Waals surface area contributed by atoms with Crippen molar-refractivity contribution in [3.05, 3.63) is 138 Å². The van der Waals surface area contributed by atoms with E-state index < -0.39 is 30.9 Å². The van der Waals surface area contributed by atoms with Gasteiger partial charge in [-0.05, 0) is 36.4 Å². The Hall–Kier alpha value is -4.21. The summed E-state index contributed by atoms with van der Waals surface area (Å²) in [7, 11) is -2.57. The third-order valence-corrected chi connectivity index (χ3v) is 11.4. The minimum absolute atomic E-state index is 0.157. The molecule has 4 aromatic carbocycles. The van der Waals surface area contributed by atoms with Gasteiger partial charge in [0.1, 0.15) is 28.7 Å². The molecule has 0 aliphatic carbocycles. The highest BCUT2D eigenvalue weighted by atomic mass is 31.2. The number of cyclic esters (lactones) is 1. The molecular formula is C33H30O5P+. The number of Topliss-reactive ketones (excluding diaryl/α,β-unsaturated/α-hetero) is 1. The third kappa shape index (κ3) is 5.23. The molecule has 5 rings (SSSR count). The number of carbonyl (C=O) groups excluding carboxylic acids is 2. The molecule has 0 saturated carbocycles. The summed E-state index contributed by atoms with van der Waals surface area (Å²) >= 11 is 0. The Kier molecular flexibility index (Phi) is 7.36. The predicted molar refractivity (Wildman–Crippen MR) is 155 cm³/mol. The number of ether oxygens (including phenoxy) is 2. The number of hydrogen-bond acceptors (Lipinski definition) is 5. The number of hydrogen-bond donors (Lipinski definition) is 1. The van der Waals surface area contributed by atoms with Gasteiger partial charge in [0.2, 0.25) is 0 Å². The molecule has 0 bridgehead atoms. The molecule has 0 aromatic heterocycles. The summed E-state index contributed by atoms with van der Waals surface area (Å²) in [6.45, 7) is 3.09. The van der Waals surface area contributed by atoms with Crippen LogP contribution in [0.25, 0.3) is 0 Å². The Morgan fingerprint density at radius 2 is 1.13 bits per heavy atom. The van der Waals surface area contributed by atoms with Gasteiger partial charge >= 0.3 is 5.97 Å². The minimum Gasteiger partial charge on any atom is -0.480 e. The van der Waals surface area contributed by atoms with Gasteiger partial charge in [-0.15, -0.1) is 0 Å². The average molecular weight is 538 g/mol. The second-order valence-corrected chi connectivity index (χ2v) is 13.4. The summed E-state index contributed by atoms with van der Waals surface area (Å²) in [5.41, 5.74) is 0.281. The van der Waals surface area contributed by atoms with Crippen LogP contribution in [0.1, 0.15) is 24.2 Å². The van der Waals surface area contributed by atoms with Crippen molar-refractivity contribution in [1.82, 2.24) is 0 Å². The first kappa shape index (κ1) is 26.4. The Bertz CT molecular complexity index is 1390. The van der Waals surface area contributed by atoms with E-state index in [2.05, 4.69) is 36.4 Å².